The Balaban J connectivity index is 0.000000486. The average molecular weight is 316 g/mol. The third kappa shape index (κ3) is 10.0. The van der Waals surface area contributed by atoms with Crippen molar-refractivity contribution in [3.8, 4) is 0 Å². The third-order valence-corrected chi connectivity index (χ3v) is 2.65. The van der Waals surface area contributed by atoms with Crippen LogP contribution in [0.3, 0.4) is 0 Å². The highest BCUT2D eigenvalue weighted by Gasteiger charge is 2.38. The zero-order valence-electron chi connectivity index (χ0n) is 11.3. The maximum Gasteiger partial charge on any atom is 0.490 e. The van der Waals surface area contributed by atoms with Crippen molar-refractivity contribution in [1.29, 1.82) is 0 Å². The number of ether oxygens (including phenoxy) is 1. The van der Waals surface area contributed by atoms with Crippen LogP contribution in [0.1, 0.15) is 12.8 Å². The number of aliphatic carboxylic acids is 2. The van der Waals surface area contributed by atoms with Crippen LogP contribution in [0.25, 0.3) is 0 Å². The molecule has 0 aromatic heterocycles. The Kier molecular flexibility index (Phi) is 8.90. The normalized spacial score (nSPS) is 17.5. The van der Waals surface area contributed by atoms with E-state index in [9.17, 15) is 18.0 Å². The van der Waals surface area contributed by atoms with E-state index in [0.717, 1.165) is 39.3 Å². The molecular weight excluding hydrogens is 297 g/mol. The fraction of sp³-hybridized carbons (Fsp3) is 0.818. The highest BCUT2D eigenvalue weighted by molar-refractivity contribution is 5.73. The van der Waals surface area contributed by atoms with Crippen molar-refractivity contribution in [1.82, 2.24) is 4.90 Å². The number of carboxylic acids is 2. The number of carboxylic acid groups (broad SMARTS) is 2. The van der Waals surface area contributed by atoms with Crippen molar-refractivity contribution in [2.75, 3.05) is 32.8 Å². The molecule has 0 radical (unpaired) electrons. The molecule has 0 bridgehead atoms. The molecule has 4 N–H and O–H groups in total. The van der Waals surface area contributed by atoms with Gasteiger partial charge >= 0.3 is 18.1 Å². The van der Waals surface area contributed by atoms with E-state index in [0.29, 0.717) is 6.42 Å². The summed E-state index contributed by atoms with van der Waals surface area (Å²) in [7, 11) is 0. The summed E-state index contributed by atoms with van der Waals surface area (Å²) in [5.74, 6) is -3.67. The van der Waals surface area contributed by atoms with Gasteiger partial charge in [-0.15, -0.1) is 0 Å². The van der Waals surface area contributed by atoms with Gasteiger partial charge in [0.2, 0.25) is 0 Å². The number of hydrogen-bond acceptors (Lipinski definition) is 5. The molecule has 1 atom stereocenters. The van der Waals surface area contributed by atoms with Crippen molar-refractivity contribution in [2.45, 2.75) is 25.1 Å². The molecule has 0 amide bonds. The first-order valence-corrected chi connectivity index (χ1v) is 6.23. The van der Waals surface area contributed by atoms with Crippen LogP contribution in [0.15, 0.2) is 0 Å². The van der Waals surface area contributed by atoms with Crippen LogP contribution >= 0.6 is 0 Å². The lowest BCUT2D eigenvalue weighted by Crippen LogP contribution is -2.38. The molecule has 1 heterocycles. The van der Waals surface area contributed by atoms with Gasteiger partial charge in [0, 0.05) is 13.1 Å². The van der Waals surface area contributed by atoms with Gasteiger partial charge in [-0.2, -0.15) is 13.2 Å². The molecule has 1 unspecified atom stereocenters. The molecule has 0 spiro atoms. The summed E-state index contributed by atoms with van der Waals surface area (Å²) in [5, 5.41) is 15.7. The lowest BCUT2D eigenvalue weighted by Gasteiger charge is -2.26. The summed E-state index contributed by atoms with van der Waals surface area (Å²) in [6.45, 7) is 4.38. The van der Waals surface area contributed by atoms with Crippen LogP contribution in [-0.4, -0.2) is 72.1 Å². The third-order valence-electron chi connectivity index (χ3n) is 2.65. The largest absolute Gasteiger partial charge is 0.490 e. The highest BCUT2D eigenvalue weighted by atomic mass is 19.4. The van der Waals surface area contributed by atoms with Crippen molar-refractivity contribution in [3.05, 3.63) is 0 Å². The van der Waals surface area contributed by atoms with Gasteiger partial charge in [-0.1, -0.05) is 0 Å². The van der Waals surface area contributed by atoms with Gasteiger partial charge in [0.1, 0.15) is 6.04 Å². The van der Waals surface area contributed by atoms with E-state index >= 15 is 0 Å². The Morgan fingerprint density at radius 1 is 1.24 bits per heavy atom. The predicted octanol–water partition coefficient (Wildman–Crippen LogP) is 0.144. The van der Waals surface area contributed by atoms with Gasteiger partial charge in [-0.05, 0) is 19.4 Å². The summed E-state index contributed by atoms with van der Waals surface area (Å²) in [4.78, 5) is 21.6. The average Bonchev–Trinajstić information content (AvgIpc) is 2.39. The van der Waals surface area contributed by atoms with Crippen molar-refractivity contribution in [3.63, 3.8) is 0 Å². The molecule has 0 aromatic carbocycles. The maximum atomic E-state index is 10.6. The lowest BCUT2D eigenvalue weighted by atomic mass is 10.1. The molecule has 0 aromatic rings. The molecule has 1 aliphatic rings. The zero-order valence-corrected chi connectivity index (χ0v) is 11.3. The Bertz CT molecular complexity index is 332. The molecule has 10 heteroatoms. The number of morpholine rings is 1. The summed E-state index contributed by atoms with van der Waals surface area (Å²) in [5.41, 5.74) is 5.39. The van der Waals surface area contributed by atoms with Crippen molar-refractivity contribution >= 4 is 11.9 Å². The van der Waals surface area contributed by atoms with E-state index < -0.39 is 24.2 Å². The molecule has 1 saturated heterocycles. The van der Waals surface area contributed by atoms with Crippen molar-refractivity contribution in [2.24, 2.45) is 5.73 Å². The first-order valence-electron chi connectivity index (χ1n) is 6.23. The highest BCUT2D eigenvalue weighted by Crippen LogP contribution is 2.13. The van der Waals surface area contributed by atoms with Gasteiger partial charge in [0.15, 0.2) is 0 Å². The fourth-order valence-electron chi connectivity index (χ4n) is 1.48. The van der Waals surface area contributed by atoms with Crippen molar-refractivity contribution < 1.29 is 37.7 Å². The van der Waals surface area contributed by atoms with Gasteiger partial charge in [-0.25, -0.2) is 4.79 Å². The number of halogens is 3. The number of hydrogen-bond donors (Lipinski definition) is 3. The van der Waals surface area contributed by atoms with Crippen LogP contribution in [-0.2, 0) is 14.3 Å². The maximum absolute atomic E-state index is 10.6. The number of alkyl halides is 3. The molecule has 0 saturated carbocycles. The first kappa shape index (κ1) is 19.6. The Morgan fingerprint density at radius 2 is 1.71 bits per heavy atom. The summed E-state index contributed by atoms with van der Waals surface area (Å²) >= 11 is 0. The van der Waals surface area contributed by atoms with E-state index in [2.05, 4.69) is 4.90 Å². The summed E-state index contributed by atoms with van der Waals surface area (Å²) in [6.07, 6.45) is -3.69. The topological polar surface area (TPSA) is 113 Å². The molecule has 0 aliphatic carbocycles. The molecule has 7 nitrogen and oxygen atoms in total. The van der Waals surface area contributed by atoms with E-state index in [1.165, 1.54) is 0 Å². The fourth-order valence-corrected chi connectivity index (χ4v) is 1.48. The first-order chi connectivity index (χ1) is 9.64. The SMILES string of the molecule is NC(CCCN1CCOCC1)C(=O)O.O=C(O)C(F)(F)F. The minimum absolute atomic E-state index is 0.548. The Morgan fingerprint density at radius 3 is 2.10 bits per heavy atom. The quantitative estimate of drug-likeness (QED) is 0.661. The van der Waals surface area contributed by atoms with Crippen LogP contribution in [0.5, 0.6) is 0 Å². The van der Waals surface area contributed by atoms with Gasteiger partial charge in [-0.3, -0.25) is 9.69 Å². The van der Waals surface area contributed by atoms with Crippen LogP contribution in [0.4, 0.5) is 13.2 Å². The van der Waals surface area contributed by atoms with Gasteiger partial charge in [0.25, 0.3) is 0 Å². The van der Waals surface area contributed by atoms with E-state index in [1.807, 2.05) is 0 Å². The van der Waals surface area contributed by atoms with Crippen LogP contribution < -0.4 is 5.73 Å². The predicted molar refractivity (Wildman–Crippen MR) is 65.8 cm³/mol. The molecule has 1 aliphatic heterocycles. The monoisotopic (exact) mass is 316 g/mol. The van der Waals surface area contributed by atoms with Gasteiger partial charge < -0.3 is 20.7 Å². The van der Waals surface area contributed by atoms with E-state index in [1.54, 1.807) is 0 Å². The second kappa shape index (κ2) is 9.53. The number of nitrogens with zero attached hydrogens (tertiary/aromatic N) is 1. The van der Waals surface area contributed by atoms with E-state index in [-0.39, 0.29) is 0 Å². The molecule has 21 heavy (non-hydrogen) atoms. The lowest BCUT2D eigenvalue weighted by molar-refractivity contribution is -0.192. The second-order valence-corrected chi connectivity index (χ2v) is 4.34. The van der Waals surface area contributed by atoms with Gasteiger partial charge in [0.05, 0.1) is 13.2 Å². The Hall–Kier alpha value is -1.39. The van der Waals surface area contributed by atoms with E-state index in [4.69, 9.17) is 25.5 Å². The zero-order chi connectivity index (χ0) is 16.5. The standard InChI is InChI=1S/C9H18N2O3.C2HF3O2/c10-8(9(12)13)2-1-3-11-4-6-14-7-5-11;3-2(4,5)1(6)7/h8H,1-7,10H2,(H,12,13);(H,6,7). The smallest absolute Gasteiger partial charge is 0.480 e. The minimum atomic E-state index is -5.08. The summed E-state index contributed by atoms with van der Waals surface area (Å²) < 4.78 is 36.9. The van der Waals surface area contributed by atoms with Crippen LogP contribution in [0.2, 0.25) is 0 Å². The number of rotatable bonds is 5. The number of nitrogens with two attached hydrogens (primary N) is 1. The molecule has 124 valence electrons. The number of carbonyl (C=O) groups is 2. The van der Waals surface area contributed by atoms with Crippen LogP contribution in [0, 0.1) is 0 Å². The molecular formula is C11H19F3N2O5. The summed E-state index contributed by atoms with van der Waals surface area (Å²) in [6, 6.07) is -0.712. The second-order valence-electron chi connectivity index (χ2n) is 4.34. The molecule has 1 fully saturated rings. The molecule has 1 rings (SSSR count). The minimum Gasteiger partial charge on any atom is -0.480 e. The Labute approximate surface area is 119 Å².